The van der Waals surface area contributed by atoms with E-state index in [2.05, 4.69) is 61.6 Å². The third-order valence-corrected chi connectivity index (χ3v) is 4.28. The summed E-state index contributed by atoms with van der Waals surface area (Å²) < 4.78 is 5.53. The minimum atomic E-state index is 0.372. The van der Waals surface area contributed by atoms with Gasteiger partial charge in [-0.15, -0.1) is 0 Å². The first-order valence-corrected chi connectivity index (χ1v) is 7.29. The van der Waals surface area contributed by atoms with Crippen molar-refractivity contribution in [2.24, 2.45) is 0 Å². The molecule has 0 amide bonds. The molecule has 3 heteroatoms. The van der Waals surface area contributed by atoms with Crippen molar-refractivity contribution < 1.29 is 4.74 Å². The van der Waals surface area contributed by atoms with Crippen molar-refractivity contribution >= 4 is 0 Å². The topological polar surface area (TPSA) is 24.5 Å². The second kappa shape index (κ2) is 7.04. The van der Waals surface area contributed by atoms with Crippen molar-refractivity contribution in [2.45, 2.75) is 37.9 Å². The van der Waals surface area contributed by atoms with E-state index in [0.29, 0.717) is 18.1 Å². The molecule has 0 saturated carbocycles. The number of benzene rings is 1. The fraction of sp³-hybridized carbons (Fsp3) is 0.625. The van der Waals surface area contributed by atoms with Gasteiger partial charge in [-0.25, -0.2) is 0 Å². The average Bonchev–Trinajstić information content (AvgIpc) is 2.99. The quantitative estimate of drug-likeness (QED) is 0.852. The van der Waals surface area contributed by atoms with Crippen LogP contribution in [-0.4, -0.2) is 44.3 Å². The van der Waals surface area contributed by atoms with Crippen LogP contribution in [-0.2, 0) is 4.74 Å². The molecule has 1 fully saturated rings. The fourth-order valence-corrected chi connectivity index (χ4v) is 3.11. The largest absolute Gasteiger partial charge is 0.380 e. The lowest BCUT2D eigenvalue weighted by Crippen LogP contribution is -2.46. The summed E-state index contributed by atoms with van der Waals surface area (Å²) in [5.41, 5.74) is 1.36. The number of ether oxygens (including phenoxy) is 1. The van der Waals surface area contributed by atoms with Crippen molar-refractivity contribution in [1.82, 2.24) is 10.2 Å². The molecule has 1 aromatic carbocycles. The summed E-state index contributed by atoms with van der Waals surface area (Å²) in [5, 5.41) is 3.49. The highest BCUT2D eigenvalue weighted by Gasteiger charge is 2.30. The zero-order chi connectivity index (χ0) is 13.7. The molecule has 1 aliphatic rings. The van der Waals surface area contributed by atoms with Crippen LogP contribution in [0.2, 0.25) is 0 Å². The molecule has 1 saturated heterocycles. The Kier molecular flexibility index (Phi) is 5.37. The molecular weight excluding hydrogens is 236 g/mol. The maximum atomic E-state index is 5.53. The van der Waals surface area contributed by atoms with Gasteiger partial charge in [0.15, 0.2) is 0 Å². The molecule has 3 nitrogen and oxygen atoms in total. The van der Waals surface area contributed by atoms with E-state index in [1.54, 1.807) is 0 Å². The Morgan fingerprint density at radius 2 is 2.11 bits per heavy atom. The predicted octanol–water partition coefficient (Wildman–Crippen LogP) is 2.45. The van der Waals surface area contributed by atoms with E-state index in [-0.39, 0.29) is 0 Å². The summed E-state index contributed by atoms with van der Waals surface area (Å²) in [6.45, 7) is 4.05. The van der Waals surface area contributed by atoms with Crippen molar-refractivity contribution in [3.8, 4) is 0 Å². The molecule has 19 heavy (non-hydrogen) atoms. The Morgan fingerprint density at radius 1 is 1.37 bits per heavy atom. The first-order chi connectivity index (χ1) is 9.27. The van der Waals surface area contributed by atoms with Gasteiger partial charge >= 0.3 is 0 Å². The van der Waals surface area contributed by atoms with Crippen LogP contribution in [0.5, 0.6) is 0 Å². The summed E-state index contributed by atoms with van der Waals surface area (Å²) in [6, 6.07) is 12.2. The van der Waals surface area contributed by atoms with Gasteiger partial charge in [0.25, 0.3) is 0 Å². The molecule has 0 aromatic heterocycles. The second-order valence-corrected chi connectivity index (χ2v) is 5.34. The molecular formula is C16H26N2O. The van der Waals surface area contributed by atoms with E-state index >= 15 is 0 Å². The number of hydrogen-bond acceptors (Lipinski definition) is 3. The van der Waals surface area contributed by atoms with Crippen LogP contribution in [0.4, 0.5) is 0 Å². The Hall–Kier alpha value is -0.900. The molecule has 0 aliphatic carbocycles. The Labute approximate surface area is 116 Å². The smallest absolute Gasteiger partial charge is 0.0622 e. The fourth-order valence-electron chi connectivity index (χ4n) is 3.11. The lowest BCUT2D eigenvalue weighted by atomic mass is 9.95. The summed E-state index contributed by atoms with van der Waals surface area (Å²) in [4.78, 5) is 2.50. The Balaban J connectivity index is 2.13. The zero-order valence-electron chi connectivity index (χ0n) is 12.3. The minimum Gasteiger partial charge on any atom is -0.380 e. The van der Waals surface area contributed by atoms with Gasteiger partial charge in [0, 0.05) is 24.7 Å². The third kappa shape index (κ3) is 3.35. The molecule has 0 bridgehead atoms. The monoisotopic (exact) mass is 262 g/mol. The van der Waals surface area contributed by atoms with Crippen LogP contribution in [0.1, 0.15) is 31.4 Å². The lowest BCUT2D eigenvalue weighted by molar-refractivity contribution is 0.111. The van der Waals surface area contributed by atoms with Crippen molar-refractivity contribution in [3.63, 3.8) is 0 Å². The van der Waals surface area contributed by atoms with Crippen molar-refractivity contribution in [3.05, 3.63) is 35.9 Å². The first kappa shape index (κ1) is 14.5. The predicted molar refractivity (Wildman–Crippen MR) is 79.3 cm³/mol. The number of nitrogens with one attached hydrogen (secondary N) is 1. The van der Waals surface area contributed by atoms with E-state index in [1.807, 2.05) is 0 Å². The molecule has 3 unspecified atom stereocenters. The van der Waals surface area contributed by atoms with Gasteiger partial charge in [0.2, 0.25) is 0 Å². The molecule has 0 radical (unpaired) electrons. The summed E-state index contributed by atoms with van der Waals surface area (Å²) in [6.07, 6.45) is 2.28. The average molecular weight is 262 g/mol. The molecule has 0 spiro atoms. The van der Waals surface area contributed by atoms with Crippen LogP contribution >= 0.6 is 0 Å². The molecule has 1 aromatic rings. The maximum Gasteiger partial charge on any atom is 0.0622 e. The highest BCUT2D eigenvalue weighted by molar-refractivity contribution is 5.20. The summed E-state index contributed by atoms with van der Waals surface area (Å²) in [5.74, 6) is 0. The standard InChI is InChI=1S/C16H26N2O/c1-4-15(18(3)14-10-11-19-12-14)16(17-2)13-8-6-5-7-9-13/h5-9,14-17H,4,10-12H2,1-3H3. The Bertz CT molecular complexity index is 362. The molecule has 2 rings (SSSR count). The highest BCUT2D eigenvalue weighted by Crippen LogP contribution is 2.25. The Morgan fingerprint density at radius 3 is 2.63 bits per heavy atom. The molecule has 1 aliphatic heterocycles. The second-order valence-electron chi connectivity index (χ2n) is 5.34. The normalized spacial score (nSPS) is 22.6. The van der Waals surface area contributed by atoms with Gasteiger partial charge in [-0.2, -0.15) is 0 Å². The molecule has 106 valence electrons. The van der Waals surface area contributed by atoms with Crippen LogP contribution in [0.25, 0.3) is 0 Å². The number of hydrogen-bond donors (Lipinski definition) is 1. The van der Waals surface area contributed by atoms with Gasteiger partial charge in [-0.1, -0.05) is 37.3 Å². The number of rotatable bonds is 6. The van der Waals surface area contributed by atoms with Gasteiger partial charge in [-0.05, 0) is 32.5 Å². The van der Waals surface area contributed by atoms with Gasteiger partial charge in [-0.3, -0.25) is 4.90 Å². The van der Waals surface area contributed by atoms with Gasteiger partial charge in [0.05, 0.1) is 6.61 Å². The minimum absolute atomic E-state index is 0.372. The van der Waals surface area contributed by atoms with E-state index in [4.69, 9.17) is 4.74 Å². The van der Waals surface area contributed by atoms with Crippen molar-refractivity contribution in [2.75, 3.05) is 27.3 Å². The maximum absolute atomic E-state index is 5.53. The summed E-state index contributed by atoms with van der Waals surface area (Å²) in [7, 11) is 4.29. The van der Waals surface area contributed by atoms with Crippen LogP contribution < -0.4 is 5.32 Å². The molecule has 1 N–H and O–H groups in total. The lowest BCUT2D eigenvalue weighted by Gasteiger charge is -2.37. The molecule has 1 heterocycles. The third-order valence-electron chi connectivity index (χ3n) is 4.28. The number of nitrogens with zero attached hydrogens (tertiary/aromatic N) is 1. The zero-order valence-corrected chi connectivity index (χ0v) is 12.3. The number of likely N-dealkylation sites (N-methyl/N-ethyl adjacent to an activating group) is 2. The summed E-state index contributed by atoms with van der Waals surface area (Å²) >= 11 is 0. The highest BCUT2D eigenvalue weighted by atomic mass is 16.5. The van der Waals surface area contributed by atoms with Gasteiger partial charge < -0.3 is 10.1 Å². The van der Waals surface area contributed by atoms with Crippen LogP contribution in [0.15, 0.2) is 30.3 Å². The van der Waals surface area contributed by atoms with E-state index in [0.717, 1.165) is 26.1 Å². The van der Waals surface area contributed by atoms with Crippen LogP contribution in [0.3, 0.4) is 0 Å². The van der Waals surface area contributed by atoms with E-state index in [1.165, 1.54) is 5.56 Å². The van der Waals surface area contributed by atoms with E-state index < -0.39 is 0 Å². The van der Waals surface area contributed by atoms with Gasteiger partial charge in [0.1, 0.15) is 0 Å². The SMILES string of the molecule is CCC(C(NC)c1ccccc1)N(C)C1CCOC1. The van der Waals surface area contributed by atoms with E-state index in [9.17, 15) is 0 Å². The first-order valence-electron chi connectivity index (χ1n) is 7.29. The van der Waals surface area contributed by atoms with Crippen LogP contribution in [0, 0.1) is 0 Å². The molecule has 3 atom stereocenters. The van der Waals surface area contributed by atoms with Crippen molar-refractivity contribution in [1.29, 1.82) is 0 Å².